The zero-order chi connectivity index (χ0) is 27.4. The van der Waals surface area contributed by atoms with Gasteiger partial charge in [0.15, 0.2) is 17.3 Å². The number of hydrogen-bond acceptors (Lipinski definition) is 10. The van der Waals surface area contributed by atoms with Crippen LogP contribution in [0.2, 0.25) is 0 Å². The Morgan fingerprint density at radius 2 is 1.87 bits per heavy atom. The first-order chi connectivity index (χ1) is 19.0. The average Bonchev–Trinajstić information content (AvgIpc) is 2.96. The number of methoxy groups -OCH3 is 2. The van der Waals surface area contributed by atoms with E-state index < -0.39 is 0 Å². The first-order valence-corrected chi connectivity index (χ1v) is 12.1. The number of hydrogen-bond donors (Lipinski definition) is 2. The van der Waals surface area contributed by atoms with Crippen molar-refractivity contribution in [2.24, 2.45) is 5.10 Å². The number of nitrogens with zero attached hydrogens (tertiary/aromatic N) is 5. The molecule has 3 heterocycles. The Hall–Kier alpha value is -5.25. The molecule has 2 aromatic carbocycles. The van der Waals surface area contributed by atoms with Gasteiger partial charge in [-0.05, 0) is 41.0 Å². The molecule has 10 heteroatoms. The van der Waals surface area contributed by atoms with Crippen molar-refractivity contribution in [1.29, 1.82) is 0 Å². The van der Waals surface area contributed by atoms with Gasteiger partial charge in [-0.25, -0.2) is 4.98 Å². The number of rotatable bonds is 8. The van der Waals surface area contributed by atoms with Crippen LogP contribution < -0.4 is 20.9 Å². The molecule has 1 aliphatic heterocycles. The van der Waals surface area contributed by atoms with Crippen molar-refractivity contribution in [2.75, 3.05) is 25.7 Å². The molecule has 1 atom stereocenters. The van der Waals surface area contributed by atoms with Crippen molar-refractivity contribution in [3.8, 4) is 11.5 Å². The summed E-state index contributed by atoms with van der Waals surface area (Å²) in [4.78, 5) is 25.8. The normalized spacial score (nSPS) is 14.3. The molecule has 4 N–H and O–H groups in total. The largest absolute Gasteiger partial charge is 0.493 e. The Kier molecular flexibility index (Phi) is 7.17. The number of nitrogens with two attached hydrogens (primary N) is 2. The summed E-state index contributed by atoms with van der Waals surface area (Å²) in [6.45, 7) is 0. The van der Waals surface area contributed by atoms with E-state index in [9.17, 15) is 4.79 Å². The van der Waals surface area contributed by atoms with Crippen molar-refractivity contribution in [3.05, 3.63) is 113 Å². The van der Waals surface area contributed by atoms with Crippen molar-refractivity contribution >= 4 is 23.8 Å². The second kappa shape index (κ2) is 11.0. The molecular formula is C29H27N7O3. The van der Waals surface area contributed by atoms with Crippen LogP contribution in [0.1, 0.15) is 44.2 Å². The number of nitrogen functional groups attached to an aromatic ring is 2. The average molecular weight is 522 g/mol. The number of pyridine rings is 1. The molecule has 196 valence electrons. The van der Waals surface area contributed by atoms with Crippen molar-refractivity contribution < 1.29 is 14.3 Å². The number of hydrazone groups is 1. The number of allylic oxidation sites excluding steroid dienone is 1. The molecule has 0 saturated heterocycles. The van der Waals surface area contributed by atoms with E-state index in [0.29, 0.717) is 29.0 Å². The molecule has 0 amide bonds. The number of carbonyl (C=O) groups is 1. The quantitative estimate of drug-likeness (QED) is 0.262. The lowest BCUT2D eigenvalue weighted by atomic mass is 9.94. The first-order valence-electron chi connectivity index (χ1n) is 12.1. The Morgan fingerprint density at radius 3 is 2.62 bits per heavy atom. The lowest BCUT2D eigenvalue weighted by Crippen LogP contribution is -2.25. The number of ether oxygens (including phenoxy) is 2. The maximum Gasteiger partial charge on any atom is 0.221 e. The summed E-state index contributed by atoms with van der Waals surface area (Å²) in [5.74, 6) is 0.834. The Bertz CT molecular complexity index is 1570. The van der Waals surface area contributed by atoms with Crippen molar-refractivity contribution in [2.45, 2.75) is 12.5 Å². The highest BCUT2D eigenvalue weighted by atomic mass is 16.5. The zero-order valence-electron chi connectivity index (χ0n) is 21.5. The van der Waals surface area contributed by atoms with E-state index in [1.54, 1.807) is 48.1 Å². The minimum absolute atomic E-state index is 0.0950. The SMILES string of the molecule is COc1cc(Cc2cnc(N)nc2N)cc(C(=O)/C=C/N2N=Cc3ccccc3C2c2ccncc2)c1OC. The summed E-state index contributed by atoms with van der Waals surface area (Å²) < 4.78 is 11.1. The smallest absolute Gasteiger partial charge is 0.221 e. The van der Waals surface area contributed by atoms with Gasteiger partial charge >= 0.3 is 0 Å². The van der Waals surface area contributed by atoms with Crippen molar-refractivity contribution in [3.63, 3.8) is 0 Å². The molecule has 10 nitrogen and oxygen atoms in total. The fraction of sp³-hybridized carbons (Fsp3) is 0.138. The fourth-order valence-corrected chi connectivity index (χ4v) is 4.55. The third-order valence-corrected chi connectivity index (χ3v) is 6.40. The number of ketones is 1. The molecule has 4 aromatic rings. The number of carbonyl (C=O) groups excluding carboxylic acids is 1. The van der Waals surface area contributed by atoms with Crippen LogP contribution >= 0.6 is 0 Å². The summed E-state index contributed by atoms with van der Waals surface area (Å²) in [6, 6.07) is 15.2. The van der Waals surface area contributed by atoms with Gasteiger partial charge in [-0.2, -0.15) is 10.1 Å². The molecule has 0 bridgehead atoms. The second-order valence-electron chi connectivity index (χ2n) is 8.81. The number of fused-ring (bicyclic) bond motifs is 1. The van der Waals surface area contributed by atoms with Crippen LogP contribution in [0.15, 0.2) is 84.5 Å². The Labute approximate surface area is 225 Å². The number of anilines is 2. The van der Waals surface area contributed by atoms with Crippen LogP contribution in [-0.2, 0) is 6.42 Å². The molecule has 0 spiro atoms. The summed E-state index contributed by atoms with van der Waals surface area (Å²) in [5, 5.41) is 6.38. The van der Waals surface area contributed by atoms with Crippen LogP contribution in [0.4, 0.5) is 11.8 Å². The van der Waals surface area contributed by atoms with E-state index in [0.717, 1.165) is 22.3 Å². The first kappa shape index (κ1) is 25.4. The van der Waals surface area contributed by atoms with Crippen LogP contribution in [-0.4, -0.2) is 46.2 Å². The molecule has 5 rings (SSSR count). The van der Waals surface area contributed by atoms with Crippen molar-refractivity contribution in [1.82, 2.24) is 20.0 Å². The standard InChI is InChI=1S/C29H27N7O3/c1-38-25-15-18(13-21-16-33-29(31)35-28(21)30)14-23(27(25)39-2)24(37)9-12-36-26(19-7-10-32-11-8-19)22-6-4-3-5-20(22)17-34-36/h3-12,14-17,26H,13H2,1-2H3,(H4,30,31,33,35)/b12-9+. The highest BCUT2D eigenvalue weighted by Gasteiger charge is 2.26. The molecule has 1 unspecified atom stereocenters. The second-order valence-corrected chi connectivity index (χ2v) is 8.81. The van der Waals surface area contributed by atoms with E-state index in [1.807, 2.05) is 30.3 Å². The Balaban J connectivity index is 1.49. The van der Waals surface area contributed by atoms with E-state index in [-0.39, 0.29) is 23.6 Å². The minimum Gasteiger partial charge on any atom is -0.493 e. The predicted molar refractivity (Wildman–Crippen MR) is 149 cm³/mol. The van der Waals surface area contributed by atoms with Gasteiger partial charge < -0.3 is 20.9 Å². The van der Waals surface area contributed by atoms with Crippen LogP contribution in [0, 0.1) is 0 Å². The third kappa shape index (κ3) is 5.26. The van der Waals surface area contributed by atoms with Gasteiger partial charge in [0.05, 0.1) is 26.0 Å². The monoisotopic (exact) mass is 521 g/mol. The Morgan fingerprint density at radius 1 is 1.08 bits per heavy atom. The van der Waals surface area contributed by atoms with Gasteiger partial charge in [0.1, 0.15) is 11.9 Å². The lowest BCUT2D eigenvalue weighted by Gasteiger charge is -2.31. The number of benzene rings is 2. The number of aromatic nitrogens is 3. The zero-order valence-corrected chi connectivity index (χ0v) is 21.5. The van der Waals surface area contributed by atoms with E-state index >= 15 is 0 Å². The summed E-state index contributed by atoms with van der Waals surface area (Å²) in [7, 11) is 3.01. The minimum atomic E-state index is -0.281. The summed E-state index contributed by atoms with van der Waals surface area (Å²) in [6.07, 6.45) is 10.3. The molecule has 39 heavy (non-hydrogen) atoms. The molecule has 0 fully saturated rings. The van der Waals surface area contributed by atoms with E-state index in [4.69, 9.17) is 20.9 Å². The van der Waals surface area contributed by atoms with Gasteiger partial charge in [-0.1, -0.05) is 24.3 Å². The van der Waals surface area contributed by atoms with Gasteiger partial charge in [0.2, 0.25) is 5.95 Å². The lowest BCUT2D eigenvalue weighted by molar-refractivity contribution is 0.104. The molecule has 1 aliphatic rings. The van der Waals surface area contributed by atoms with Crippen LogP contribution in [0.5, 0.6) is 11.5 Å². The van der Waals surface area contributed by atoms with Crippen LogP contribution in [0.25, 0.3) is 0 Å². The van der Waals surface area contributed by atoms with Gasteiger partial charge in [0, 0.05) is 48.4 Å². The van der Waals surface area contributed by atoms with E-state index in [2.05, 4.69) is 26.1 Å². The van der Waals surface area contributed by atoms with Crippen LogP contribution in [0.3, 0.4) is 0 Å². The van der Waals surface area contributed by atoms with E-state index in [1.165, 1.54) is 20.3 Å². The van der Waals surface area contributed by atoms with Gasteiger partial charge in [0.25, 0.3) is 0 Å². The highest BCUT2D eigenvalue weighted by molar-refractivity contribution is 6.07. The molecule has 0 saturated carbocycles. The molecule has 2 aromatic heterocycles. The van der Waals surface area contributed by atoms with Gasteiger partial charge in [-0.15, -0.1) is 0 Å². The molecular weight excluding hydrogens is 494 g/mol. The summed E-state index contributed by atoms with van der Waals surface area (Å²) >= 11 is 0. The predicted octanol–water partition coefficient (Wildman–Crippen LogP) is 3.78. The van der Waals surface area contributed by atoms with Gasteiger partial charge in [-0.3, -0.25) is 14.8 Å². The topological polar surface area (TPSA) is 142 Å². The maximum atomic E-state index is 13.6. The third-order valence-electron chi connectivity index (χ3n) is 6.40. The molecule has 0 aliphatic carbocycles. The summed E-state index contributed by atoms with van der Waals surface area (Å²) in [5.41, 5.74) is 16.5. The molecule has 0 radical (unpaired) electrons. The highest BCUT2D eigenvalue weighted by Crippen LogP contribution is 2.36. The maximum absolute atomic E-state index is 13.6. The fourth-order valence-electron chi connectivity index (χ4n) is 4.55.